The third-order valence-corrected chi connectivity index (χ3v) is 10.6. The minimum Gasteiger partial charge on any atom is -0.456 e. The quantitative estimate of drug-likeness (QED) is 0.185. The molecule has 0 saturated heterocycles. The molecule has 0 atom stereocenters. The van der Waals surface area contributed by atoms with Crippen molar-refractivity contribution in [1.29, 1.82) is 0 Å². The van der Waals surface area contributed by atoms with Crippen molar-refractivity contribution in [3.05, 3.63) is 164 Å². The van der Waals surface area contributed by atoms with Gasteiger partial charge in [-0.2, -0.15) is 0 Å². The Hall–Kier alpha value is -6.43. The maximum atomic E-state index is 6.32. The van der Waals surface area contributed by atoms with Crippen molar-refractivity contribution in [3.63, 3.8) is 0 Å². The molecule has 7 aromatic carbocycles. The Morgan fingerprint density at radius 2 is 0.920 bits per heavy atom. The van der Waals surface area contributed by atoms with Gasteiger partial charge in [0.25, 0.3) is 0 Å². The molecule has 4 nitrogen and oxygen atoms in total. The lowest BCUT2D eigenvalue weighted by atomic mass is 9.96. The van der Waals surface area contributed by atoms with Crippen LogP contribution in [0.15, 0.2) is 168 Å². The minimum atomic E-state index is 0.647. The van der Waals surface area contributed by atoms with Gasteiger partial charge in [0.05, 0.1) is 0 Å². The Labute approximate surface area is 292 Å². The van der Waals surface area contributed by atoms with E-state index in [0.29, 0.717) is 17.5 Å². The van der Waals surface area contributed by atoms with Crippen LogP contribution in [0.5, 0.6) is 0 Å². The molecule has 0 fully saturated rings. The highest BCUT2D eigenvalue weighted by Crippen LogP contribution is 2.47. The Morgan fingerprint density at radius 3 is 1.64 bits per heavy atom. The largest absolute Gasteiger partial charge is 0.456 e. The summed E-state index contributed by atoms with van der Waals surface area (Å²) in [5.74, 6) is 1.94. The highest BCUT2D eigenvalue weighted by atomic mass is 32.1. The average molecular weight is 658 g/mol. The zero-order chi connectivity index (χ0) is 33.0. The second-order valence-corrected chi connectivity index (χ2v) is 13.4. The van der Waals surface area contributed by atoms with Crippen LogP contribution in [-0.4, -0.2) is 15.0 Å². The van der Waals surface area contributed by atoms with Crippen molar-refractivity contribution < 1.29 is 4.42 Å². The Balaban J connectivity index is 1.25. The molecule has 0 unspecified atom stereocenters. The molecule has 0 aliphatic rings. The van der Waals surface area contributed by atoms with Gasteiger partial charge in [-0.1, -0.05) is 140 Å². The summed E-state index contributed by atoms with van der Waals surface area (Å²) in [6.07, 6.45) is 0. The minimum absolute atomic E-state index is 0.647. The molecule has 0 bridgehead atoms. The zero-order valence-electron chi connectivity index (χ0n) is 26.7. The lowest BCUT2D eigenvalue weighted by molar-refractivity contribution is 0.669. The van der Waals surface area contributed by atoms with Crippen molar-refractivity contribution in [1.82, 2.24) is 15.0 Å². The molecule has 3 aromatic heterocycles. The predicted octanol–water partition coefficient (Wildman–Crippen LogP) is 12.5. The summed E-state index contributed by atoms with van der Waals surface area (Å²) in [5.41, 5.74) is 9.31. The van der Waals surface area contributed by atoms with E-state index in [1.807, 2.05) is 84.1 Å². The molecular weight excluding hydrogens is 631 g/mol. The van der Waals surface area contributed by atoms with E-state index in [1.54, 1.807) is 0 Å². The third kappa shape index (κ3) is 4.71. The standard InChI is InChI=1S/C45H27N3OS/c1-4-13-28(14-5-1)33-25-26-37(45-47-43(29-15-6-2-7-16-29)46-44(48-45)30-17-8-3-9-18-30)40-36-21-12-20-32(41(36)50-42(33)40)31-23-24-35-34-19-10-11-22-38(34)49-39(35)27-31/h1-27H. The van der Waals surface area contributed by atoms with E-state index in [2.05, 4.69) is 91.0 Å². The van der Waals surface area contributed by atoms with Crippen molar-refractivity contribution in [2.75, 3.05) is 0 Å². The molecule has 5 heteroatoms. The van der Waals surface area contributed by atoms with Gasteiger partial charge in [0, 0.05) is 47.6 Å². The first kappa shape index (κ1) is 28.6. The number of hydrogen-bond acceptors (Lipinski definition) is 5. The van der Waals surface area contributed by atoms with Gasteiger partial charge in [0.2, 0.25) is 0 Å². The molecule has 234 valence electrons. The van der Waals surface area contributed by atoms with Crippen molar-refractivity contribution in [2.45, 2.75) is 0 Å². The second kappa shape index (κ2) is 11.6. The topological polar surface area (TPSA) is 51.8 Å². The van der Waals surface area contributed by atoms with E-state index >= 15 is 0 Å². The first-order valence-electron chi connectivity index (χ1n) is 16.6. The number of furan rings is 1. The number of benzene rings is 7. The molecule has 0 amide bonds. The van der Waals surface area contributed by atoms with E-state index in [9.17, 15) is 0 Å². The van der Waals surface area contributed by atoms with Crippen LogP contribution in [0.1, 0.15) is 0 Å². The smallest absolute Gasteiger partial charge is 0.164 e. The lowest BCUT2D eigenvalue weighted by Gasteiger charge is -2.11. The van der Waals surface area contributed by atoms with Gasteiger partial charge >= 0.3 is 0 Å². The van der Waals surface area contributed by atoms with Crippen molar-refractivity contribution in [3.8, 4) is 56.4 Å². The highest BCUT2D eigenvalue weighted by Gasteiger charge is 2.21. The average Bonchev–Trinajstić information content (AvgIpc) is 3.77. The Bertz CT molecular complexity index is 2800. The summed E-state index contributed by atoms with van der Waals surface area (Å²) in [6, 6.07) is 56.7. The predicted molar refractivity (Wildman–Crippen MR) is 207 cm³/mol. The van der Waals surface area contributed by atoms with Gasteiger partial charge in [-0.15, -0.1) is 11.3 Å². The molecule has 3 heterocycles. The summed E-state index contributed by atoms with van der Waals surface area (Å²) in [7, 11) is 0. The van der Waals surface area contributed by atoms with Crippen LogP contribution in [0.3, 0.4) is 0 Å². The molecule has 50 heavy (non-hydrogen) atoms. The number of aromatic nitrogens is 3. The van der Waals surface area contributed by atoms with E-state index in [4.69, 9.17) is 19.4 Å². The fourth-order valence-electron chi connectivity index (χ4n) is 6.98. The van der Waals surface area contributed by atoms with Crippen LogP contribution in [0, 0.1) is 0 Å². The van der Waals surface area contributed by atoms with Gasteiger partial charge in [-0.05, 0) is 46.5 Å². The van der Waals surface area contributed by atoms with E-state index in [-0.39, 0.29) is 0 Å². The monoisotopic (exact) mass is 657 g/mol. The number of nitrogens with zero attached hydrogens (tertiary/aromatic N) is 3. The number of rotatable bonds is 5. The van der Waals surface area contributed by atoms with Gasteiger partial charge in [0.15, 0.2) is 17.5 Å². The van der Waals surface area contributed by atoms with Crippen LogP contribution in [-0.2, 0) is 0 Å². The van der Waals surface area contributed by atoms with Crippen LogP contribution in [0.25, 0.3) is 98.5 Å². The van der Waals surface area contributed by atoms with Crippen molar-refractivity contribution >= 4 is 53.4 Å². The number of fused-ring (bicyclic) bond motifs is 6. The molecule has 0 aliphatic heterocycles. The van der Waals surface area contributed by atoms with Crippen LogP contribution >= 0.6 is 11.3 Å². The molecule has 10 rings (SSSR count). The molecule has 0 radical (unpaired) electrons. The van der Waals surface area contributed by atoms with E-state index in [1.165, 1.54) is 31.5 Å². The second-order valence-electron chi connectivity index (χ2n) is 12.4. The first-order valence-corrected chi connectivity index (χ1v) is 17.4. The van der Waals surface area contributed by atoms with E-state index < -0.39 is 0 Å². The maximum Gasteiger partial charge on any atom is 0.164 e. The molecule has 0 saturated carbocycles. The van der Waals surface area contributed by atoms with Gasteiger partial charge in [-0.3, -0.25) is 0 Å². The molecule has 10 aromatic rings. The van der Waals surface area contributed by atoms with E-state index in [0.717, 1.165) is 49.6 Å². The summed E-state index contributed by atoms with van der Waals surface area (Å²) in [6.45, 7) is 0. The SMILES string of the molecule is c1ccc(-c2nc(-c3ccccc3)nc(-c3ccc(-c4ccccc4)c4sc5c(-c6ccc7c(c6)oc6ccccc67)cccc5c34)n2)cc1. The molecule has 0 aliphatic carbocycles. The molecule has 0 N–H and O–H groups in total. The fraction of sp³-hybridized carbons (Fsp3) is 0. The number of hydrogen-bond donors (Lipinski definition) is 0. The van der Waals surface area contributed by atoms with Gasteiger partial charge in [-0.25, -0.2) is 15.0 Å². The third-order valence-electron chi connectivity index (χ3n) is 9.36. The highest BCUT2D eigenvalue weighted by molar-refractivity contribution is 7.27. The zero-order valence-corrected chi connectivity index (χ0v) is 27.6. The van der Waals surface area contributed by atoms with Crippen LogP contribution in [0.2, 0.25) is 0 Å². The Kier molecular flexibility index (Phi) is 6.64. The van der Waals surface area contributed by atoms with Crippen LogP contribution in [0.4, 0.5) is 0 Å². The number of thiophene rings is 1. The van der Waals surface area contributed by atoms with Gasteiger partial charge in [0.1, 0.15) is 11.2 Å². The summed E-state index contributed by atoms with van der Waals surface area (Å²) < 4.78 is 8.73. The van der Waals surface area contributed by atoms with Crippen LogP contribution < -0.4 is 0 Å². The summed E-state index contributed by atoms with van der Waals surface area (Å²) in [4.78, 5) is 15.2. The lowest BCUT2D eigenvalue weighted by Crippen LogP contribution is -2.00. The normalized spacial score (nSPS) is 11.6. The van der Waals surface area contributed by atoms with Gasteiger partial charge < -0.3 is 4.42 Å². The maximum absolute atomic E-state index is 6.32. The van der Waals surface area contributed by atoms with Crippen molar-refractivity contribution in [2.24, 2.45) is 0 Å². The fourth-order valence-corrected chi connectivity index (χ4v) is 8.38. The molecular formula is C45H27N3OS. The first-order chi connectivity index (χ1) is 24.8. The Morgan fingerprint density at radius 1 is 0.360 bits per heavy atom. The molecule has 0 spiro atoms. The summed E-state index contributed by atoms with van der Waals surface area (Å²) >= 11 is 1.82. The summed E-state index contributed by atoms with van der Waals surface area (Å²) in [5, 5.41) is 4.57. The number of para-hydroxylation sites is 1.